The maximum Gasteiger partial charge on any atom is 0.142 e. The standard InChI is InChI=1S/C38H25NO/c1-3-14-26(15-4-1)28-22-13-25-35(39-33-23-11-9-18-29(33)30-19-10-12-24-34(30)39)36(28)38-32-21-8-7-20-31(32)37(40-38)27-16-5-2-6-17-27/h1-3,5-7,9-14,16-20,22-25H,8,21H2. The zero-order chi connectivity index (χ0) is 26.5. The lowest BCUT2D eigenvalue weighted by Gasteiger charge is -2.17. The number of benzene rings is 4. The predicted molar refractivity (Wildman–Crippen MR) is 164 cm³/mol. The summed E-state index contributed by atoms with van der Waals surface area (Å²) in [5, 5.41) is 2.48. The fraction of sp³-hybridized carbons (Fsp3) is 0.0526. The minimum absolute atomic E-state index is 0.924. The van der Waals surface area contributed by atoms with E-state index in [2.05, 4.69) is 126 Å². The number of hydrogen-bond donors (Lipinski definition) is 0. The molecule has 188 valence electrons. The highest BCUT2D eigenvalue weighted by atomic mass is 16.3. The maximum absolute atomic E-state index is 6.98. The minimum atomic E-state index is 0.924. The first-order valence-electron chi connectivity index (χ1n) is 13.8. The van der Waals surface area contributed by atoms with Gasteiger partial charge in [0.05, 0.1) is 22.3 Å². The second-order valence-electron chi connectivity index (χ2n) is 10.2. The molecule has 2 heteroatoms. The Balaban J connectivity index is 1.51. The highest BCUT2D eigenvalue weighted by Gasteiger charge is 2.27. The Kier molecular flexibility index (Phi) is 5.21. The summed E-state index contributed by atoms with van der Waals surface area (Å²) < 4.78 is 9.37. The van der Waals surface area contributed by atoms with Gasteiger partial charge < -0.3 is 8.98 Å². The SMILES string of the molecule is c1cccc(-c2cccc(-n3c4ccccc4c4ccccc43)c2-c2oc(-c3ccccc3)c3c2CCC=C3)c#1. The van der Waals surface area contributed by atoms with E-state index in [0.29, 0.717) is 0 Å². The van der Waals surface area contributed by atoms with Crippen molar-refractivity contribution in [1.82, 2.24) is 4.57 Å². The molecule has 2 nitrogen and oxygen atoms in total. The van der Waals surface area contributed by atoms with Gasteiger partial charge in [0.25, 0.3) is 0 Å². The molecule has 7 aromatic rings. The Hall–Kier alpha value is -5.26. The molecule has 0 aliphatic heterocycles. The van der Waals surface area contributed by atoms with Crippen LogP contribution in [0.15, 0.2) is 126 Å². The first-order valence-corrected chi connectivity index (χ1v) is 13.8. The average Bonchev–Trinajstić information content (AvgIpc) is 3.58. The topological polar surface area (TPSA) is 18.1 Å². The number of fused-ring (bicyclic) bond motifs is 4. The van der Waals surface area contributed by atoms with E-state index >= 15 is 0 Å². The monoisotopic (exact) mass is 511 g/mol. The van der Waals surface area contributed by atoms with Gasteiger partial charge in [-0.2, -0.15) is 0 Å². The Morgan fingerprint density at radius 3 is 2.17 bits per heavy atom. The van der Waals surface area contributed by atoms with Gasteiger partial charge >= 0.3 is 0 Å². The van der Waals surface area contributed by atoms with E-state index in [0.717, 1.165) is 52.3 Å². The molecule has 0 fully saturated rings. The number of allylic oxidation sites excluding steroid dienone is 1. The second kappa shape index (κ2) is 9.19. The van der Waals surface area contributed by atoms with Crippen molar-refractivity contribution < 1.29 is 4.42 Å². The molecule has 2 heterocycles. The molecule has 8 rings (SSSR count). The number of rotatable bonds is 4. The summed E-state index contributed by atoms with van der Waals surface area (Å²) in [6, 6.07) is 46.9. The molecule has 5 aromatic carbocycles. The van der Waals surface area contributed by atoms with Crippen molar-refractivity contribution in [3.63, 3.8) is 0 Å². The van der Waals surface area contributed by atoms with E-state index in [1.165, 1.54) is 32.9 Å². The molecule has 0 unspecified atom stereocenters. The van der Waals surface area contributed by atoms with Crippen molar-refractivity contribution in [2.75, 3.05) is 0 Å². The largest absolute Gasteiger partial charge is 0.455 e. The third kappa shape index (κ3) is 3.45. The van der Waals surface area contributed by atoms with Crippen LogP contribution in [0.3, 0.4) is 0 Å². The van der Waals surface area contributed by atoms with Crippen LogP contribution in [0.2, 0.25) is 0 Å². The highest BCUT2D eigenvalue weighted by molar-refractivity contribution is 6.10. The Bertz CT molecular complexity index is 1990. The van der Waals surface area contributed by atoms with Crippen molar-refractivity contribution in [3.8, 4) is 39.5 Å². The van der Waals surface area contributed by atoms with Gasteiger partial charge in [-0.05, 0) is 43.2 Å². The lowest BCUT2D eigenvalue weighted by Crippen LogP contribution is -2.01. The van der Waals surface area contributed by atoms with E-state index in [-0.39, 0.29) is 0 Å². The van der Waals surface area contributed by atoms with E-state index in [1.54, 1.807) is 0 Å². The average molecular weight is 512 g/mol. The summed E-state index contributed by atoms with van der Waals surface area (Å²) in [5.74, 6) is 1.86. The van der Waals surface area contributed by atoms with Crippen LogP contribution >= 0.6 is 0 Å². The fourth-order valence-corrected chi connectivity index (χ4v) is 6.22. The lowest BCUT2D eigenvalue weighted by atomic mass is 9.90. The fourth-order valence-electron chi connectivity index (χ4n) is 6.22. The Morgan fingerprint density at radius 1 is 0.675 bits per heavy atom. The molecule has 2 aromatic heterocycles. The first kappa shape index (κ1) is 22.7. The van der Waals surface area contributed by atoms with Crippen LogP contribution in [0.25, 0.3) is 67.3 Å². The number of hydrogen-bond acceptors (Lipinski definition) is 1. The van der Waals surface area contributed by atoms with Gasteiger partial charge in [-0.25, -0.2) is 0 Å². The second-order valence-corrected chi connectivity index (χ2v) is 10.2. The molecule has 0 radical (unpaired) electrons. The maximum atomic E-state index is 6.98. The van der Waals surface area contributed by atoms with Gasteiger partial charge in [0, 0.05) is 38.6 Å². The van der Waals surface area contributed by atoms with Gasteiger partial charge in [-0.15, -0.1) is 0 Å². The molecule has 0 saturated heterocycles. The molecular formula is C38H25NO. The molecule has 0 amide bonds. The van der Waals surface area contributed by atoms with Crippen molar-refractivity contribution in [1.29, 1.82) is 0 Å². The molecule has 0 spiro atoms. The quantitative estimate of drug-likeness (QED) is 0.230. The molecular weight excluding hydrogens is 486 g/mol. The van der Waals surface area contributed by atoms with Crippen molar-refractivity contribution in [2.45, 2.75) is 12.8 Å². The van der Waals surface area contributed by atoms with E-state index in [4.69, 9.17) is 4.42 Å². The third-order valence-corrected chi connectivity index (χ3v) is 7.96. The number of furan rings is 1. The van der Waals surface area contributed by atoms with Crippen LogP contribution in [-0.2, 0) is 6.42 Å². The molecule has 0 saturated carbocycles. The molecule has 0 atom stereocenters. The summed E-state index contributed by atoms with van der Waals surface area (Å²) in [6.07, 6.45) is 6.42. The van der Waals surface area contributed by atoms with Gasteiger partial charge in [0.2, 0.25) is 0 Å². The number of para-hydroxylation sites is 2. The van der Waals surface area contributed by atoms with Crippen LogP contribution in [0.5, 0.6) is 0 Å². The van der Waals surface area contributed by atoms with Crippen molar-refractivity contribution in [3.05, 3.63) is 145 Å². The molecule has 0 bridgehead atoms. The van der Waals surface area contributed by atoms with Crippen LogP contribution in [0.4, 0.5) is 0 Å². The van der Waals surface area contributed by atoms with E-state index < -0.39 is 0 Å². The number of nitrogens with zero attached hydrogens (tertiary/aromatic N) is 1. The van der Waals surface area contributed by atoms with Crippen molar-refractivity contribution in [2.24, 2.45) is 0 Å². The summed E-state index contributed by atoms with van der Waals surface area (Å²) in [7, 11) is 0. The van der Waals surface area contributed by atoms with Crippen LogP contribution in [0.1, 0.15) is 17.5 Å². The van der Waals surface area contributed by atoms with Gasteiger partial charge in [0.15, 0.2) is 0 Å². The lowest BCUT2D eigenvalue weighted by molar-refractivity contribution is 0.594. The predicted octanol–water partition coefficient (Wildman–Crippen LogP) is 9.94. The van der Waals surface area contributed by atoms with Gasteiger partial charge in [-0.3, -0.25) is 0 Å². The smallest absolute Gasteiger partial charge is 0.142 e. The van der Waals surface area contributed by atoms with Crippen molar-refractivity contribution >= 4 is 27.9 Å². The third-order valence-electron chi connectivity index (χ3n) is 7.96. The van der Waals surface area contributed by atoms with E-state index in [1.807, 2.05) is 18.2 Å². The van der Waals surface area contributed by atoms with Gasteiger partial charge in [-0.1, -0.05) is 109 Å². The van der Waals surface area contributed by atoms with E-state index in [9.17, 15) is 0 Å². The molecule has 1 aliphatic rings. The van der Waals surface area contributed by atoms with Crippen LogP contribution in [0, 0.1) is 12.1 Å². The molecule has 0 N–H and O–H groups in total. The summed E-state index contributed by atoms with van der Waals surface area (Å²) in [4.78, 5) is 0. The summed E-state index contributed by atoms with van der Waals surface area (Å²) in [6.45, 7) is 0. The summed E-state index contributed by atoms with van der Waals surface area (Å²) >= 11 is 0. The zero-order valence-electron chi connectivity index (χ0n) is 21.9. The highest BCUT2D eigenvalue weighted by Crippen LogP contribution is 2.47. The Morgan fingerprint density at radius 2 is 1.43 bits per heavy atom. The van der Waals surface area contributed by atoms with Gasteiger partial charge in [0.1, 0.15) is 11.5 Å². The normalized spacial score (nSPS) is 12.5. The van der Waals surface area contributed by atoms with Crippen LogP contribution < -0.4 is 0 Å². The number of aromatic nitrogens is 1. The minimum Gasteiger partial charge on any atom is -0.455 e. The molecule has 1 aliphatic carbocycles. The molecule has 40 heavy (non-hydrogen) atoms. The summed E-state index contributed by atoms with van der Waals surface area (Å²) in [5.41, 5.74) is 10.1. The van der Waals surface area contributed by atoms with Crippen LogP contribution in [-0.4, -0.2) is 4.57 Å². The zero-order valence-corrected chi connectivity index (χ0v) is 21.9. The first-order chi connectivity index (χ1) is 19.9. The Labute approximate surface area is 233 Å².